The third-order valence-corrected chi connectivity index (χ3v) is 2.67. The molecule has 2 aromatic heterocycles. The maximum Gasteiger partial charge on any atom is 0.129 e. The van der Waals surface area contributed by atoms with E-state index >= 15 is 0 Å². The summed E-state index contributed by atoms with van der Waals surface area (Å²) in [7, 11) is 0. The highest BCUT2D eigenvalue weighted by Gasteiger charge is 2.05. The van der Waals surface area contributed by atoms with Crippen molar-refractivity contribution in [2.75, 3.05) is 0 Å². The summed E-state index contributed by atoms with van der Waals surface area (Å²) in [5.41, 5.74) is 5.34. The zero-order valence-electron chi connectivity index (χ0n) is 9.58. The fourth-order valence-corrected chi connectivity index (χ4v) is 1.97. The Morgan fingerprint density at radius 3 is 2.44 bits per heavy atom. The Labute approximate surface area is 100 Å². The molecule has 0 aromatic carbocycles. The van der Waals surface area contributed by atoms with Crippen LogP contribution in [0.5, 0.6) is 0 Å². The highest BCUT2D eigenvalue weighted by Crippen LogP contribution is 2.25. The third kappa shape index (κ3) is 2.22. The zero-order chi connectivity index (χ0) is 11.7. The van der Waals surface area contributed by atoms with Crippen LogP contribution in [0.4, 0.5) is 0 Å². The Morgan fingerprint density at radius 1 is 1.00 bits per heavy atom. The van der Waals surface area contributed by atoms with E-state index in [9.17, 15) is 0 Å². The number of hydrogen-bond donors (Lipinski definition) is 0. The van der Waals surface area contributed by atoms with E-state index in [0.29, 0.717) is 5.15 Å². The van der Waals surface area contributed by atoms with Crippen molar-refractivity contribution in [2.24, 2.45) is 0 Å². The summed E-state index contributed by atoms with van der Waals surface area (Å²) in [4.78, 5) is 8.42. The Balaban J connectivity index is 2.62. The van der Waals surface area contributed by atoms with Crippen LogP contribution in [0.3, 0.4) is 0 Å². The maximum atomic E-state index is 5.97. The fraction of sp³-hybridized carbons (Fsp3) is 0.231. The Morgan fingerprint density at radius 2 is 1.75 bits per heavy atom. The van der Waals surface area contributed by atoms with Gasteiger partial charge in [-0.05, 0) is 55.7 Å². The van der Waals surface area contributed by atoms with Gasteiger partial charge in [0, 0.05) is 17.6 Å². The van der Waals surface area contributed by atoms with E-state index in [-0.39, 0.29) is 0 Å². The smallest absolute Gasteiger partial charge is 0.129 e. The Kier molecular flexibility index (Phi) is 2.92. The van der Waals surface area contributed by atoms with Crippen LogP contribution < -0.4 is 0 Å². The standard InChI is InChI=1S/C13H13ClN2/c1-8-7-15-9(2)5-12(8)11-4-10(3)16-13(14)6-11/h4-7H,1-3H3. The van der Waals surface area contributed by atoms with Gasteiger partial charge in [0.05, 0.1) is 0 Å². The molecule has 2 aromatic rings. The van der Waals surface area contributed by atoms with Crippen LogP contribution in [0, 0.1) is 20.8 Å². The molecule has 82 valence electrons. The molecule has 2 heterocycles. The molecule has 2 nitrogen and oxygen atoms in total. The van der Waals surface area contributed by atoms with Gasteiger partial charge in [0.1, 0.15) is 5.15 Å². The molecular weight excluding hydrogens is 220 g/mol. The molecule has 0 fully saturated rings. The highest BCUT2D eigenvalue weighted by atomic mass is 35.5. The summed E-state index contributed by atoms with van der Waals surface area (Å²) in [6.07, 6.45) is 1.88. The molecule has 2 rings (SSSR count). The van der Waals surface area contributed by atoms with Gasteiger partial charge >= 0.3 is 0 Å². The molecule has 3 heteroatoms. The van der Waals surface area contributed by atoms with Crippen molar-refractivity contribution in [3.8, 4) is 11.1 Å². The molecule has 0 bridgehead atoms. The van der Waals surface area contributed by atoms with E-state index < -0.39 is 0 Å². The van der Waals surface area contributed by atoms with Gasteiger partial charge in [-0.15, -0.1) is 0 Å². The van der Waals surface area contributed by atoms with Crippen molar-refractivity contribution in [3.05, 3.63) is 46.5 Å². The van der Waals surface area contributed by atoms with Crippen LogP contribution in [0.15, 0.2) is 24.4 Å². The van der Waals surface area contributed by atoms with Crippen molar-refractivity contribution < 1.29 is 0 Å². The molecule has 0 unspecified atom stereocenters. The van der Waals surface area contributed by atoms with Crippen molar-refractivity contribution in [3.63, 3.8) is 0 Å². The summed E-state index contributed by atoms with van der Waals surface area (Å²) < 4.78 is 0. The van der Waals surface area contributed by atoms with E-state index in [2.05, 4.69) is 16.0 Å². The second kappa shape index (κ2) is 4.22. The van der Waals surface area contributed by atoms with Crippen LogP contribution >= 0.6 is 11.6 Å². The summed E-state index contributed by atoms with van der Waals surface area (Å²) in [6, 6.07) is 5.99. The minimum Gasteiger partial charge on any atom is -0.261 e. The molecule has 0 amide bonds. The first-order valence-corrected chi connectivity index (χ1v) is 5.52. The quantitative estimate of drug-likeness (QED) is 0.701. The number of halogens is 1. The van der Waals surface area contributed by atoms with Crippen LogP contribution in [0.2, 0.25) is 5.15 Å². The number of aryl methyl sites for hydroxylation is 3. The first kappa shape index (κ1) is 11.1. The molecular formula is C13H13ClN2. The van der Waals surface area contributed by atoms with Gasteiger partial charge < -0.3 is 0 Å². The normalized spacial score (nSPS) is 10.5. The zero-order valence-corrected chi connectivity index (χ0v) is 10.3. The second-order valence-corrected chi connectivity index (χ2v) is 4.35. The molecule has 0 spiro atoms. The SMILES string of the molecule is Cc1cc(-c2cc(C)nc(Cl)c2)c(C)cn1. The van der Waals surface area contributed by atoms with Crippen molar-refractivity contribution in [1.82, 2.24) is 9.97 Å². The van der Waals surface area contributed by atoms with Crippen LogP contribution in [0.25, 0.3) is 11.1 Å². The van der Waals surface area contributed by atoms with E-state index in [1.165, 1.54) is 5.56 Å². The topological polar surface area (TPSA) is 25.8 Å². The Bertz CT molecular complexity index is 515. The molecule has 0 atom stereocenters. The molecule has 0 saturated heterocycles. The molecule has 0 aliphatic heterocycles. The van der Waals surface area contributed by atoms with Crippen LogP contribution in [-0.4, -0.2) is 9.97 Å². The van der Waals surface area contributed by atoms with Gasteiger partial charge in [-0.2, -0.15) is 0 Å². The predicted octanol–water partition coefficient (Wildman–Crippen LogP) is 3.72. The first-order valence-electron chi connectivity index (χ1n) is 5.14. The van der Waals surface area contributed by atoms with Crippen LogP contribution in [0.1, 0.15) is 17.0 Å². The monoisotopic (exact) mass is 232 g/mol. The summed E-state index contributed by atoms with van der Waals surface area (Å²) in [5.74, 6) is 0. The van der Waals surface area contributed by atoms with E-state index in [4.69, 9.17) is 11.6 Å². The molecule has 0 saturated carbocycles. The predicted molar refractivity (Wildman–Crippen MR) is 66.7 cm³/mol. The van der Waals surface area contributed by atoms with E-state index in [1.54, 1.807) is 0 Å². The number of pyridine rings is 2. The molecule has 0 aliphatic carbocycles. The first-order chi connectivity index (χ1) is 7.56. The number of rotatable bonds is 1. The number of aromatic nitrogens is 2. The van der Waals surface area contributed by atoms with Crippen molar-refractivity contribution in [1.29, 1.82) is 0 Å². The summed E-state index contributed by atoms with van der Waals surface area (Å²) in [5, 5.41) is 0.531. The number of nitrogens with zero attached hydrogens (tertiary/aromatic N) is 2. The lowest BCUT2D eigenvalue weighted by atomic mass is 10.0. The lowest BCUT2D eigenvalue weighted by Crippen LogP contribution is -1.90. The maximum absolute atomic E-state index is 5.97. The summed E-state index contributed by atoms with van der Waals surface area (Å²) >= 11 is 5.97. The average molecular weight is 233 g/mol. The molecule has 16 heavy (non-hydrogen) atoms. The molecule has 0 radical (unpaired) electrons. The van der Waals surface area contributed by atoms with Crippen molar-refractivity contribution >= 4 is 11.6 Å². The molecule has 0 N–H and O–H groups in total. The van der Waals surface area contributed by atoms with Crippen molar-refractivity contribution in [2.45, 2.75) is 20.8 Å². The minimum absolute atomic E-state index is 0.531. The van der Waals surface area contributed by atoms with E-state index in [1.807, 2.05) is 39.1 Å². The van der Waals surface area contributed by atoms with Gasteiger partial charge in [0.2, 0.25) is 0 Å². The largest absolute Gasteiger partial charge is 0.261 e. The lowest BCUT2D eigenvalue weighted by molar-refractivity contribution is 1.16. The van der Waals surface area contributed by atoms with Crippen LogP contribution in [-0.2, 0) is 0 Å². The number of hydrogen-bond acceptors (Lipinski definition) is 2. The minimum atomic E-state index is 0.531. The fourth-order valence-electron chi connectivity index (χ4n) is 1.72. The van der Waals surface area contributed by atoms with Gasteiger partial charge in [-0.1, -0.05) is 11.6 Å². The Hall–Kier alpha value is -1.41. The van der Waals surface area contributed by atoms with Gasteiger partial charge in [-0.25, -0.2) is 4.98 Å². The summed E-state index contributed by atoms with van der Waals surface area (Å²) in [6.45, 7) is 5.97. The average Bonchev–Trinajstić information content (AvgIpc) is 2.20. The highest BCUT2D eigenvalue weighted by molar-refractivity contribution is 6.29. The van der Waals surface area contributed by atoms with Gasteiger partial charge in [0.15, 0.2) is 0 Å². The van der Waals surface area contributed by atoms with Gasteiger partial charge in [0.25, 0.3) is 0 Å². The van der Waals surface area contributed by atoms with E-state index in [0.717, 1.165) is 22.5 Å². The third-order valence-electron chi connectivity index (χ3n) is 2.47. The van der Waals surface area contributed by atoms with Gasteiger partial charge in [-0.3, -0.25) is 4.98 Å². The second-order valence-electron chi connectivity index (χ2n) is 3.96. The molecule has 0 aliphatic rings. The lowest BCUT2D eigenvalue weighted by Gasteiger charge is -2.08.